The van der Waals surface area contributed by atoms with Crippen LogP contribution in [0.15, 0.2) is 53.4 Å². The lowest BCUT2D eigenvalue weighted by molar-refractivity contribution is -0.113. The third-order valence-corrected chi connectivity index (χ3v) is 6.06. The van der Waals surface area contributed by atoms with Crippen LogP contribution in [0.25, 0.3) is 0 Å². The predicted octanol–water partition coefficient (Wildman–Crippen LogP) is 3.07. The first kappa shape index (κ1) is 22.4. The van der Waals surface area contributed by atoms with E-state index in [0.29, 0.717) is 29.9 Å². The second kappa shape index (κ2) is 11.2. The molecule has 0 spiro atoms. The SMILES string of the molecule is C#CCCN1CCN(C(=O)c2ccccc2SCC(=O)Nc2cccc(C#N)c2)CC1. The van der Waals surface area contributed by atoms with Gasteiger partial charge in [-0.15, -0.1) is 24.1 Å². The van der Waals surface area contributed by atoms with E-state index in [4.69, 9.17) is 11.7 Å². The first-order valence-electron chi connectivity index (χ1n) is 10.1. The number of carbonyl (C=O) groups excluding carboxylic acids is 2. The Kier molecular flexibility index (Phi) is 8.12. The summed E-state index contributed by atoms with van der Waals surface area (Å²) >= 11 is 1.33. The van der Waals surface area contributed by atoms with Crippen molar-refractivity contribution in [3.8, 4) is 18.4 Å². The standard InChI is InChI=1S/C24H24N4O2S/c1-2-3-11-27-12-14-28(15-13-27)24(30)21-9-4-5-10-22(21)31-18-23(29)26-20-8-6-7-19(16-20)17-25/h1,4-10,16H,3,11-15,18H2,(H,26,29). The van der Waals surface area contributed by atoms with Crippen LogP contribution in [-0.4, -0.2) is 60.1 Å². The van der Waals surface area contributed by atoms with E-state index >= 15 is 0 Å². The average Bonchev–Trinajstić information content (AvgIpc) is 2.81. The third kappa shape index (κ3) is 6.36. The van der Waals surface area contributed by atoms with Gasteiger partial charge in [-0.2, -0.15) is 5.26 Å². The van der Waals surface area contributed by atoms with Gasteiger partial charge < -0.3 is 10.2 Å². The van der Waals surface area contributed by atoms with E-state index in [1.807, 2.05) is 29.2 Å². The normalized spacial score (nSPS) is 13.8. The number of terminal acetylenes is 1. The van der Waals surface area contributed by atoms with Crippen LogP contribution in [0.2, 0.25) is 0 Å². The molecule has 0 unspecified atom stereocenters. The number of nitrogens with one attached hydrogen (secondary N) is 1. The molecule has 0 radical (unpaired) electrons. The van der Waals surface area contributed by atoms with E-state index in [1.54, 1.807) is 24.3 Å². The fourth-order valence-corrected chi connectivity index (χ4v) is 4.19. The molecule has 7 heteroatoms. The molecule has 2 aromatic carbocycles. The largest absolute Gasteiger partial charge is 0.336 e. The van der Waals surface area contributed by atoms with Crippen LogP contribution < -0.4 is 5.32 Å². The Balaban J connectivity index is 1.57. The highest BCUT2D eigenvalue weighted by molar-refractivity contribution is 8.00. The summed E-state index contributed by atoms with van der Waals surface area (Å²) in [4.78, 5) is 30.4. The van der Waals surface area contributed by atoms with Crippen molar-refractivity contribution < 1.29 is 9.59 Å². The van der Waals surface area contributed by atoms with Crippen molar-refractivity contribution in [2.24, 2.45) is 0 Å². The van der Waals surface area contributed by atoms with Crippen molar-refractivity contribution in [3.63, 3.8) is 0 Å². The maximum Gasteiger partial charge on any atom is 0.255 e. The highest BCUT2D eigenvalue weighted by Gasteiger charge is 2.23. The molecule has 0 saturated carbocycles. The minimum absolute atomic E-state index is 0.0122. The summed E-state index contributed by atoms with van der Waals surface area (Å²) in [7, 11) is 0. The monoisotopic (exact) mass is 432 g/mol. The number of carbonyl (C=O) groups is 2. The molecular weight excluding hydrogens is 408 g/mol. The molecule has 3 rings (SSSR count). The number of hydrogen-bond donors (Lipinski definition) is 1. The van der Waals surface area contributed by atoms with E-state index in [1.165, 1.54) is 11.8 Å². The minimum atomic E-state index is -0.190. The first-order valence-corrected chi connectivity index (χ1v) is 11.1. The number of benzene rings is 2. The molecule has 0 aromatic heterocycles. The van der Waals surface area contributed by atoms with Gasteiger partial charge in [0.05, 0.1) is 22.9 Å². The Morgan fingerprint density at radius 3 is 2.61 bits per heavy atom. The Morgan fingerprint density at radius 1 is 1.10 bits per heavy atom. The van der Waals surface area contributed by atoms with Gasteiger partial charge in [0.1, 0.15) is 0 Å². The molecule has 0 atom stereocenters. The summed E-state index contributed by atoms with van der Waals surface area (Å²) in [6.45, 7) is 3.81. The highest BCUT2D eigenvalue weighted by Crippen LogP contribution is 2.25. The average molecular weight is 433 g/mol. The molecule has 1 fully saturated rings. The fourth-order valence-electron chi connectivity index (χ4n) is 3.34. The molecule has 1 N–H and O–H groups in total. The van der Waals surface area contributed by atoms with Crippen LogP contribution in [0, 0.1) is 23.7 Å². The van der Waals surface area contributed by atoms with Crippen LogP contribution in [0.5, 0.6) is 0 Å². The fraction of sp³-hybridized carbons (Fsp3) is 0.292. The van der Waals surface area contributed by atoms with Gasteiger partial charge in [-0.1, -0.05) is 18.2 Å². The molecule has 1 saturated heterocycles. The van der Waals surface area contributed by atoms with Crippen LogP contribution >= 0.6 is 11.8 Å². The van der Waals surface area contributed by atoms with E-state index < -0.39 is 0 Å². The number of thioether (sulfide) groups is 1. The van der Waals surface area contributed by atoms with Gasteiger partial charge in [0, 0.05) is 49.7 Å². The van der Waals surface area contributed by atoms with Gasteiger partial charge in [-0.3, -0.25) is 14.5 Å². The van der Waals surface area contributed by atoms with E-state index in [0.717, 1.165) is 31.0 Å². The topological polar surface area (TPSA) is 76.4 Å². The Morgan fingerprint density at radius 2 is 1.87 bits per heavy atom. The molecule has 31 heavy (non-hydrogen) atoms. The van der Waals surface area contributed by atoms with Crippen molar-refractivity contribution in [2.45, 2.75) is 11.3 Å². The van der Waals surface area contributed by atoms with Crippen molar-refractivity contribution in [3.05, 3.63) is 59.7 Å². The molecule has 1 heterocycles. The molecule has 2 aromatic rings. The van der Waals surface area contributed by atoms with Gasteiger partial charge in [0.15, 0.2) is 0 Å². The first-order chi connectivity index (χ1) is 15.1. The second-order valence-corrected chi connectivity index (χ2v) is 8.13. The number of hydrogen-bond acceptors (Lipinski definition) is 5. The Labute approximate surface area is 187 Å². The molecule has 0 aliphatic carbocycles. The predicted molar refractivity (Wildman–Crippen MR) is 123 cm³/mol. The summed E-state index contributed by atoms with van der Waals surface area (Å²) in [5, 5.41) is 11.8. The number of rotatable bonds is 7. The van der Waals surface area contributed by atoms with Crippen molar-refractivity contribution in [1.82, 2.24) is 9.80 Å². The van der Waals surface area contributed by atoms with Crippen molar-refractivity contribution in [2.75, 3.05) is 43.8 Å². The number of amides is 2. The van der Waals surface area contributed by atoms with Crippen molar-refractivity contribution >= 4 is 29.3 Å². The lowest BCUT2D eigenvalue weighted by Gasteiger charge is -2.34. The quantitative estimate of drug-likeness (QED) is 0.538. The zero-order valence-corrected chi connectivity index (χ0v) is 18.0. The van der Waals surface area contributed by atoms with Crippen LogP contribution in [0.4, 0.5) is 5.69 Å². The van der Waals surface area contributed by atoms with Crippen LogP contribution in [-0.2, 0) is 4.79 Å². The highest BCUT2D eigenvalue weighted by atomic mass is 32.2. The van der Waals surface area contributed by atoms with Gasteiger partial charge >= 0.3 is 0 Å². The van der Waals surface area contributed by atoms with Gasteiger partial charge in [-0.05, 0) is 30.3 Å². The van der Waals surface area contributed by atoms with E-state index in [2.05, 4.69) is 22.2 Å². The third-order valence-electron chi connectivity index (χ3n) is 4.98. The molecule has 6 nitrogen and oxygen atoms in total. The summed E-state index contributed by atoms with van der Waals surface area (Å²) in [5.41, 5.74) is 1.68. The molecule has 0 bridgehead atoms. The molecule has 2 amide bonds. The lowest BCUT2D eigenvalue weighted by Crippen LogP contribution is -2.48. The summed E-state index contributed by atoms with van der Waals surface area (Å²) in [6.07, 6.45) is 6.05. The van der Waals surface area contributed by atoms with E-state index in [-0.39, 0.29) is 17.6 Å². The zero-order valence-electron chi connectivity index (χ0n) is 17.2. The number of anilines is 1. The minimum Gasteiger partial charge on any atom is -0.336 e. The number of piperazine rings is 1. The molecule has 1 aliphatic rings. The van der Waals surface area contributed by atoms with Crippen molar-refractivity contribution in [1.29, 1.82) is 5.26 Å². The molecule has 1 aliphatic heterocycles. The van der Waals surface area contributed by atoms with Crippen LogP contribution in [0.3, 0.4) is 0 Å². The van der Waals surface area contributed by atoms with Gasteiger partial charge in [0.2, 0.25) is 5.91 Å². The number of nitrogens with zero attached hydrogens (tertiary/aromatic N) is 3. The Bertz CT molecular complexity index is 1020. The summed E-state index contributed by atoms with van der Waals surface area (Å²) in [5.74, 6) is 2.62. The zero-order chi connectivity index (χ0) is 22.1. The van der Waals surface area contributed by atoms with Gasteiger partial charge in [0.25, 0.3) is 5.91 Å². The van der Waals surface area contributed by atoms with E-state index in [9.17, 15) is 9.59 Å². The lowest BCUT2D eigenvalue weighted by atomic mass is 10.1. The Hall–Kier alpha value is -3.26. The van der Waals surface area contributed by atoms with Crippen LogP contribution in [0.1, 0.15) is 22.3 Å². The smallest absolute Gasteiger partial charge is 0.255 e. The number of nitriles is 1. The summed E-state index contributed by atoms with van der Waals surface area (Å²) in [6, 6.07) is 16.2. The van der Waals surface area contributed by atoms with Gasteiger partial charge in [-0.25, -0.2) is 0 Å². The summed E-state index contributed by atoms with van der Waals surface area (Å²) < 4.78 is 0. The maximum atomic E-state index is 13.1. The molecular formula is C24H24N4O2S. The second-order valence-electron chi connectivity index (χ2n) is 7.11. The maximum absolute atomic E-state index is 13.1. The molecule has 158 valence electrons.